The van der Waals surface area contributed by atoms with Crippen molar-refractivity contribution in [1.29, 1.82) is 0 Å². The summed E-state index contributed by atoms with van der Waals surface area (Å²) < 4.78 is 0. The summed E-state index contributed by atoms with van der Waals surface area (Å²) in [6, 6.07) is 7.92. The highest BCUT2D eigenvalue weighted by Crippen LogP contribution is 2.35. The molecular weight excluding hydrogens is 212 g/mol. The van der Waals surface area contributed by atoms with Gasteiger partial charge in [-0.1, -0.05) is 12.1 Å². The van der Waals surface area contributed by atoms with Crippen LogP contribution in [-0.4, -0.2) is 17.5 Å². The first-order chi connectivity index (χ1) is 7.98. The molecule has 0 bridgehead atoms. The van der Waals surface area contributed by atoms with Crippen LogP contribution in [0.4, 0.5) is 0 Å². The third-order valence-corrected chi connectivity index (χ3v) is 3.06. The number of amides is 1. The van der Waals surface area contributed by atoms with E-state index in [0.717, 1.165) is 30.4 Å². The van der Waals surface area contributed by atoms with Crippen LogP contribution in [0.15, 0.2) is 24.3 Å². The van der Waals surface area contributed by atoms with E-state index in [-0.39, 0.29) is 17.5 Å². The zero-order chi connectivity index (χ0) is 12.5. The van der Waals surface area contributed by atoms with Crippen molar-refractivity contribution in [2.75, 3.05) is 0 Å². The zero-order valence-electron chi connectivity index (χ0n) is 10.5. The van der Waals surface area contributed by atoms with E-state index >= 15 is 0 Å². The minimum atomic E-state index is -0.0104. The molecule has 0 spiro atoms. The Kier molecular flexibility index (Phi) is 3.20. The van der Waals surface area contributed by atoms with Gasteiger partial charge >= 0.3 is 0 Å². The highest BCUT2D eigenvalue weighted by Gasteiger charge is 2.37. The Bertz CT molecular complexity index is 422. The summed E-state index contributed by atoms with van der Waals surface area (Å²) in [7, 11) is 0. The zero-order valence-corrected chi connectivity index (χ0v) is 10.5. The van der Waals surface area contributed by atoms with Gasteiger partial charge in [-0.15, -0.1) is 0 Å². The first kappa shape index (κ1) is 12.1. The lowest BCUT2D eigenvalue weighted by molar-refractivity contribution is 0.0943. The van der Waals surface area contributed by atoms with Crippen LogP contribution < -0.4 is 11.1 Å². The van der Waals surface area contributed by atoms with Gasteiger partial charge in [0.25, 0.3) is 5.91 Å². The van der Waals surface area contributed by atoms with Crippen LogP contribution in [0.2, 0.25) is 0 Å². The SMILES string of the molecule is CC(C)NC(=O)c1cccc(CC2(N)CC2)c1. The number of rotatable bonds is 4. The van der Waals surface area contributed by atoms with Crippen molar-refractivity contribution < 1.29 is 4.79 Å². The Labute approximate surface area is 102 Å². The van der Waals surface area contributed by atoms with Gasteiger partial charge in [0, 0.05) is 17.1 Å². The van der Waals surface area contributed by atoms with E-state index in [2.05, 4.69) is 5.32 Å². The molecule has 1 amide bonds. The summed E-state index contributed by atoms with van der Waals surface area (Å²) in [6.45, 7) is 3.92. The number of carbonyl (C=O) groups excluding carboxylic acids is 1. The van der Waals surface area contributed by atoms with E-state index < -0.39 is 0 Å². The highest BCUT2D eigenvalue weighted by molar-refractivity contribution is 5.94. The summed E-state index contributed by atoms with van der Waals surface area (Å²) in [6.07, 6.45) is 3.06. The molecule has 0 unspecified atom stereocenters. The van der Waals surface area contributed by atoms with Crippen molar-refractivity contribution in [1.82, 2.24) is 5.32 Å². The van der Waals surface area contributed by atoms with Crippen LogP contribution in [0.25, 0.3) is 0 Å². The number of benzene rings is 1. The largest absolute Gasteiger partial charge is 0.350 e. The second-order valence-corrected chi connectivity index (χ2v) is 5.37. The van der Waals surface area contributed by atoms with Crippen molar-refractivity contribution in [3.8, 4) is 0 Å². The molecule has 0 aromatic heterocycles. The molecule has 1 aromatic rings. The van der Waals surface area contributed by atoms with Gasteiger partial charge in [-0.3, -0.25) is 4.79 Å². The van der Waals surface area contributed by atoms with Gasteiger partial charge in [0.1, 0.15) is 0 Å². The van der Waals surface area contributed by atoms with E-state index in [1.807, 2.05) is 38.1 Å². The molecule has 17 heavy (non-hydrogen) atoms. The fourth-order valence-corrected chi connectivity index (χ4v) is 1.91. The average molecular weight is 232 g/mol. The van der Waals surface area contributed by atoms with Crippen LogP contribution in [0.1, 0.15) is 42.6 Å². The molecule has 2 rings (SSSR count). The van der Waals surface area contributed by atoms with Crippen molar-refractivity contribution in [2.24, 2.45) is 5.73 Å². The maximum absolute atomic E-state index is 11.8. The van der Waals surface area contributed by atoms with Gasteiger partial charge in [-0.2, -0.15) is 0 Å². The molecule has 0 heterocycles. The third-order valence-electron chi connectivity index (χ3n) is 3.06. The molecular formula is C14H20N2O. The van der Waals surface area contributed by atoms with Crippen molar-refractivity contribution in [3.63, 3.8) is 0 Å². The monoisotopic (exact) mass is 232 g/mol. The smallest absolute Gasteiger partial charge is 0.251 e. The van der Waals surface area contributed by atoms with Crippen LogP contribution in [0.5, 0.6) is 0 Å². The maximum atomic E-state index is 11.8. The molecule has 0 atom stereocenters. The molecule has 1 aliphatic carbocycles. The van der Waals surface area contributed by atoms with Crippen molar-refractivity contribution in [3.05, 3.63) is 35.4 Å². The third kappa shape index (κ3) is 3.30. The molecule has 1 fully saturated rings. The number of carbonyl (C=O) groups is 1. The number of nitrogens with two attached hydrogens (primary N) is 1. The van der Waals surface area contributed by atoms with Gasteiger partial charge in [-0.25, -0.2) is 0 Å². The Morgan fingerprint density at radius 1 is 1.47 bits per heavy atom. The number of hydrogen-bond donors (Lipinski definition) is 2. The average Bonchev–Trinajstić information content (AvgIpc) is 2.95. The van der Waals surface area contributed by atoms with E-state index in [0.29, 0.717) is 0 Å². The lowest BCUT2D eigenvalue weighted by atomic mass is 10.0. The van der Waals surface area contributed by atoms with Gasteiger partial charge in [0.2, 0.25) is 0 Å². The second kappa shape index (κ2) is 4.49. The quantitative estimate of drug-likeness (QED) is 0.832. The molecule has 1 saturated carbocycles. The molecule has 1 aromatic carbocycles. The summed E-state index contributed by atoms with van der Waals surface area (Å²) in [4.78, 5) is 11.8. The Morgan fingerprint density at radius 2 is 2.18 bits per heavy atom. The number of hydrogen-bond acceptors (Lipinski definition) is 2. The summed E-state index contributed by atoms with van der Waals surface area (Å²) >= 11 is 0. The lowest BCUT2D eigenvalue weighted by Crippen LogP contribution is -2.30. The fraction of sp³-hybridized carbons (Fsp3) is 0.500. The van der Waals surface area contributed by atoms with Crippen LogP contribution in [0.3, 0.4) is 0 Å². The van der Waals surface area contributed by atoms with Crippen LogP contribution in [0, 0.1) is 0 Å². The van der Waals surface area contributed by atoms with E-state index in [9.17, 15) is 4.79 Å². The first-order valence-corrected chi connectivity index (χ1v) is 6.17. The molecule has 3 N–H and O–H groups in total. The summed E-state index contributed by atoms with van der Waals surface area (Å²) in [5, 5.41) is 2.89. The minimum Gasteiger partial charge on any atom is -0.350 e. The molecule has 0 radical (unpaired) electrons. The minimum absolute atomic E-state index is 0.00680. The van der Waals surface area contributed by atoms with Gasteiger partial charge in [0.05, 0.1) is 0 Å². The summed E-state index contributed by atoms with van der Waals surface area (Å²) in [5.41, 5.74) is 7.95. The molecule has 0 saturated heterocycles. The van der Waals surface area contributed by atoms with E-state index in [4.69, 9.17) is 5.73 Å². The molecule has 0 aliphatic heterocycles. The van der Waals surface area contributed by atoms with E-state index in [1.165, 1.54) is 0 Å². The predicted octanol–water partition coefficient (Wildman–Crippen LogP) is 1.86. The fourth-order valence-electron chi connectivity index (χ4n) is 1.91. The topological polar surface area (TPSA) is 55.1 Å². The normalized spacial score (nSPS) is 16.9. The molecule has 1 aliphatic rings. The summed E-state index contributed by atoms with van der Waals surface area (Å²) in [5.74, 6) is -0.0104. The standard InChI is InChI=1S/C14H20N2O/c1-10(2)16-13(17)12-5-3-4-11(8-12)9-14(15)6-7-14/h3-5,8,10H,6-7,9,15H2,1-2H3,(H,16,17). The van der Waals surface area contributed by atoms with Gasteiger partial charge < -0.3 is 11.1 Å². The van der Waals surface area contributed by atoms with Crippen molar-refractivity contribution >= 4 is 5.91 Å². The first-order valence-electron chi connectivity index (χ1n) is 6.17. The highest BCUT2D eigenvalue weighted by atomic mass is 16.1. The number of nitrogens with one attached hydrogen (secondary N) is 1. The van der Waals surface area contributed by atoms with Crippen LogP contribution in [-0.2, 0) is 6.42 Å². The second-order valence-electron chi connectivity index (χ2n) is 5.37. The van der Waals surface area contributed by atoms with E-state index in [1.54, 1.807) is 0 Å². The molecule has 3 nitrogen and oxygen atoms in total. The molecule has 92 valence electrons. The van der Waals surface area contributed by atoms with Crippen molar-refractivity contribution in [2.45, 2.75) is 44.7 Å². The Morgan fingerprint density at radius 3 is 2.76 bits per heavy atom. The van der Waals surface area contributed by atoms with Gasteiger partial charge in [0.15, 0.2) is 0 Å². The van der Waals surface area contributed by atoms with Gasteiger partial charge in [-0.05, 0) is 50.8 Å². The lowest BCUT2D eigenvalue weighted by Gasteiger charge is -2.11. The Hall–Kier alpha value is -1.35. The predicted molar refractivity (Wildman–Crippen MR) is 68.9 cm³/mol. The maximum Gasteiger partial charge on any atom is 0.251 e. The molecule has 3 heteroatoms. The Balaban J connectivity index is 2.08. The van der Waals surface area contributed by atoms with Crippen LogP contribution >= 0.6 is 0 Å².